The number of nitrogens with two attached hydrogens (primary N) is 2. The maximum absolute atomic E-state index is 12.9. The molecular formula is C43H36F6N14O15S5. The number of nitriles is 2. The number of anilines is 2. The maximum Gasteiger partial charge on any atom is 0.485 e. The molecule has 4 amide bonds. The molecule has 4 aliphatic heterocycles. The van der Waals surface area contributed by atoms with Crippen LogP contribution in [0.2, 0.25) is 0 Å². The number of rotatable bonds is 16. The van der Waals surface area contributed by atoms with E-state index in [2.05, 4.69) is 30.9 Å². The van der Waals surface area contributed by atoms with E-state index in [0.29, 0.717) is 34.4 Å². The van der Waals surface area contributed by atoms with Crippen molar-refractivity contribution in [1.29, 1.82) is 10.5 Å². The zero-order chi connectivity index (χ0) is 61.6. The summed E-state index contributed by atoms with van der Waals surface area (Å²) >= 11 is 4.83. The SMILES string of the molecule is N#CCON=C(C(=O)NC1C(=O)N2C(C(=O)O)=C(C[n+]3ccccc3)SCC12)c1csc(N)n1.N#CCON=C(C(=O)NC1C(=O)N2C(C(=O)O)=C(C[n+]3ccccc3)SCC12)c1csc(N)n1.O=C([O-])C(F)(F)F.O=S(=O)([O-])C(F)(F)F. The molecule has 8 heterocycles. The second-order valence-electron chi connectivity index (χ2n) is 15.9. The molecule has 0 aliphatic carbocycles. The van der Waals surface area contributed by atoms with Crippen molar-refractivity contribution in [3.05, 3.63) is 105 Å². The van der Waals surface area contributed by atoms with Gasteiger partial charge in [-0.05, 0) is 0 Å². The first-order valence-electron chi connectivity index (χ1n) is 22.2. The third-order valence-electron chi connectivity index (χ3n) is 10.5. The van der Waals surface area contributed by atoms with Crippen LogP contribution >= 0.6 is 46.2 Å². The molecule has 2 saturated heterocycles. The fourth-order valence-electron chi connectivity index (χ4n) is 7.05. The average Bonchev–Trinajstić information content (AvgIpc) is 1.86. The average molecular weight is 1260 g/mol. The first-order chi connectivity index (χ1) is 39.0. The van der Waals surface area contributed by atoms with Crippen molar-refractivity contribution in [2.45, 2.75) is 48.9 Å². The van der Waals surface area contributed by atoms with Crippen LogP contribution < -0.4 is 36.3 Å². The van der Waals surface area contributed by atoms with Crippen molar-refractivity contribution in [2.75, 3.05) is 36.2 Å². The van der Waals surface area contributed by atoms with Gasteiger partial charge in [-0.2, -0.15) is 36.9 Å². The van der Waals surface area contributed by atoms with Gasteiger partial charge in [0.1, 0.15) is 53.0 Å². The molecule has 0 spiro atoms. The molecule has 4 aromatic rings. The lowest BCUT2D eigenvalue weighted by molar-refractivity contribution is -0.688. The highest BCUT2D eigenvalue weighted by molar-refractivity contribution is 8.03. The number of halogens is 6. The smallest absolute Gasteiger partial charge is 0.485 e. The Balaban J connectivity index is 0.000000244. The molecule has 0 aromatic carbocycles. The van der Waals surface area contributed by atoms with Crippen LogP contribution in [0, 0.1) is 22.7 Å². The zero-order valence-corrected chi connectivity index (χ0v) is 45.2. The number of aromatic nitrogens is 4. The molecule has 2 fully saturated rings. The van der Waals surface area contributed by atoms with Crippen LogP contribution in [0.3, 0.4) is 0 Å². The number of allylic oxidation sites excluding steroid dienone is 2. The van der Waals surface area contributed by atoms with E-state index in [9.17, 15) is 65.3 Å². The number of fused-ring (bicyclic) bond motifs is 2. The predicted molar refractivity (Wildman–Crippen MR) is 269 cm³/mol. The minimum atomic E-state index is -6.09. The largest absolute Gasteiger partial charge is 0.741 e. The number of pyridine rings is 2. The number of carbonyl (C=O) groups is 7. The Hall–Kier alpha value is -8.96. The van der Waals surface area contributed by atoms with Crippen molar-refractivity contribution in [2.24, 2.45) is 10.3 Å². The van der Waals surface area contributed by atoms with Crippen LogP contribution in [-0.4, -0.2) is 156 Å². The van der Waals surface area contributed by atoms with E-state index in [-0.39, 0.29) is 57.7 Å². The minimum absolute atomic E-state index is 0.0911. The first-order valence-corrected chi connectivity index (χ1v) is 27.4. The Morgan fingerprint density at radius 2 is 1.06 bits per heavy atom. The summed E-state index contributed by atoms with van der Waals surface area (Å²) in [6, 6.07) is 11.5. The number of carboxylic acid groups (broad SMARTS) is 3. The number of thiazole rings is 2. The van der Waals surface area contributed by atoms with Crippen LogP contribution in [-0.2, 0) is 66.4 Å². The second kappa shape index (κ2) is 28.2. The lowest BCUT2D eigenvalue weighted by atomic mass is 9.94. The second-order valence-corrected chi connectivity index (χ2v) is 21.3. The molecule has 440 valence electrons. The highest BCUT2D eigenvalue weighted by Crippen LogP contribution is 2.40. The van der Waals surface area contributed by atoms with E-state index < -0.39 is 87.5 Å². The van der Waals surface area contributed by atoms with Gasteiger partial charge in [-0.3, -0.25) is 29.0 Å². The molecule has 0 radical (unpaired) electrons. The molecule has 8 rings (SSSR count). The molecule has 4 aliphatic rings. The summed E-state index contributed by atoms with van der Waals surface area (Å²) in [6.07, 6.45) is 2.03. The summed E-state index contributed by atoms with van der Waals surface area (Å²) in [7, 11) is -6.09. The van der Waals surface area contributed by atoms with Crippen molar-refractivity contribution < 1.29 is 107 Å². The fourth-order valence-corrected chi connectivity index (χ4v) is 10.7. The number of alkyl halides is 6. The molecule has 29 nitrogen and oxygen atoms in total. The number of β-lactam (4-membered cyclic amide) rings is 2. The van der Waals surface area contributed by atoms with Crippen LogP contribution in [0.15, 0.2) is 103 Å². The molecule has 0 saturated carbocycles. The molecule has 83 heavy (non-hydrogen) atoms. The van der Waals surface area contributed by atoms with Gasteiger partial charge < -0.3 is 56.4 Å². The number of nitrogens with one attached hydrogen (secondary N) is 2. The van der Waals surface area contributed by atoms with Gasteiger partial charge >= 0.3 is 23.6 Å². The first kappa shape index (κ1) is 64.9. The van der Waals surface area contributed by atoms with E-state index in [1.807, 2.05) is 45.5 Å². The number of aliphatic carboxylic acids is 3. The van der Waals surface area contributed by atoms with Crippen molar-refractivity contribution in [3.63, 3.8) is 0 Å². The molecule has 4 atom stereocenters. The number of carboxylic acids is 3. The minimum Gasteiger partial charge on any atom is -0.741 e. The summed E-state index contributed by atoms with van der Waals surface area (Å²) < 4.78 is 94.1. The van der Waals surface area contributed by atoms with E-state index in [1.165, 1.54) is 44.1 Å². The molecule has 8 N–H and O–H groups in total. The van der Waals surface area contributed by atoms with Crippen LogP contribution in [0.1, 0.15) is 11.4 Å². The number of hydrogen-bond donors (Lipinski definition) is 6. The monoisotopic (exact) mass is 1260 g/mol. The Morgan fingerprint density at radius 3 is 1.33 bits per heavy atom. The Kier molecular flexibility index (Phi) is 22.0. The normalized spacial score (nSPS) is 18.4. The number of thioether (sulfide) groups is 2. The maximum atomic E-state index is 12.9. The highest BCUT2D eigenvalue weighted by Gasteiger charge is 2.56. The number of oxime groups is 2. The van der Waals surface area contributed by atoms with Gasteiger partial charge in [0.2, 0.25) is 13.2 Å². The molecular weight excluding hydrogens is 1230 g/mol. The molecule has 0 bridgehead atoms. The standard InChI is InChI=1S/2C20H17N7O5S2.C2HF3O2.CHF3O3S/c2*21-4-7-32-25-14(11-9-34-20(22)23-11)17(28)24-15-12-10-33-13(8-26-5-2-1-3-6-26)16(19(30)31)27(12)18(15)29;3-2(4,5)1(6)7;2-1(3,4)8(5,6)7/h2*1-3,5-6,9,12,15H,7-8,10H2,(H3-,22,23,24,28,30,31);(H,6,7);(H,5,6,7). The van der Waals surface area contributed by atoms with E-state index in [1.54, 1.807) is 36.9 Å². The Morgan fingerprint density at radius 1 is 0.723 bits per heavy atom. The third-order valence-corrected chi connectivity index (χ3v) is 14.8. The number of amides is 4. The quantitative estimate of drug-likeness (QED) is 0.0111. The number of nitrogen functional groups attached to an aromatic ring is 2. The Bertz CT molecular complexity index is 3270. The summed E-state index contributed by atoms with van der Waals surface area (Å²) in [5, 5.41) is 61.6. The van der Waals surface area contributed by atoms with Gasteiger partial charge in [0.05, 0.1) is 21.9 Å². The topological polar surface area (TPSA) is 447 Å². The van der Waals surface area contributed by atoms with Gasteiger partial charge in [0.15, 0.2) is 69.7 Å². The molecule has 40 heteroatoms. The van der Waals surface area contributed by atoms with Gasteiger partial charge in [-0.15, -0.1) is 46.2 Å². The van der Waals surface area contributed by atoms with E-state index in [4.69, 9.17) is 54.5 Å². The zero-order valence-electron chi connectivity index (χ0n) is 41.1. The summed E-state index contributed by atoms with van der Waals surface area (Å²) in [4.78, 5) is 106. The Labute approximate surface area is 477 Å². The van der Waals surface area contributed by atoms with Crippen molar-refractivity contribution >= 4 is 120 Å². The summed E-state index contributed by atoms with van der Waals surface area (Å²) in [5.41, 5.74) is 5.22. The highest BCUT2D eigenvalue weighted by atomic mass is 32.2. The van der Waals surface area contributed by atoms with Crippen molar-refractivity contribution in [1.82, 2.24) is 30.4 Å². The summed E-state index contributed by atoms with van der Waals surface area (Å²) in [5.74, 6) is -7.22. The third kappa shape index (κ3) is 16.8. The lowest BCUT2D eigenvalue weighted by Gasteiger charge is -2.49. The van der Waals surface area contributed by atoms with Crippen molar-refractivity contribution in [3.8, 4) is 12.1 Å². The molecule has 4 aromatic heterocycles. The van der Waals surface area contributed by atoms with Crippen LogP contribution in [0.4, 0.5) is 36.6 Å². The van der Waals surface area contributed by atoms with Gasteiger partial charge in [-0.1, -0.05) is 22.4 Å². The molecule has 4 unspecified atom stereocenters. The van der Waals surface area contributed by atoms with Crippen LogP contribution in [0.25, 0.3) is 0 Å². The van der Waals surface area contributed by atoms with E-state index >= 15 is 0 Å². The fraction of sp³-hybridized carbons (Fsp3) is 0.279. The number of nitrogens with zero attached hydrogens (tertiary/aromatic N) is 10. The van der Waals surface area contributed by atoms with Gasteiger partial charge in [0, 0.05) is 46.5 Å². The van der Waals surface area contributed by atoms with Gasteiger partial charge in [0.25, 0.3) is 23.6 Å². The number of hydrogen-bond acceptors (Lipinski definition) is 25. The number of carbonyl (C=O) groups excluding carboxylic acids is 5. The van der Waals surface area contributed by atoms with Crippen LogP contribution in [0.5, 0.6) is 0 Å². The van der Waals surface area contributed by atoms with Gasteiger partial charge in [-0.25, -0.2) is 37.1 Å². The lowest BCUT2D eigenvalue weighted by Crippen LogP contribution is -2.73. The van der Waals surface area contributed by atoms with E-state index in [0.717, 1.165) is 22.7 Å². The summed E-state index contributed by atoms with van der Waals surface area (Å²) in [6.45, 7) is -0.167. The predicted octanol–water partition coefficient (Wildman–Crippen LogP) is -1.26.